The lowest BCUT2D eigenvalue weighted by Crippen LogP contribution is -2.12. The van der Waals surface area contributed by atoms with Gasteiger partial charge >= 0.3 is 17.9 Å². The molecule has 0 rings (SSSR count). The van der Waals surface area contributed by atoms with Crippen molar-refractivity contribution in [3.05, 3.63) is 0 Å². The summed E-state index contributed by atoms with van der Waals surface area (Å²) in [6, 6.07) is 0. The van der Waals surface area contributed by atoms with Gasteiger partial charge in [0.2, 0.25) is 0 Å². The average Bonchev–Trinajstić information content (AvgIpc) is 2.38. The summed E-state index contributed by atoms with van der Waals surface area (Å²) in [7, 11) is 1.30. The Morgan fingerprint density at radius 1 is 0.895 bits per heavy atom. The van der Waals surface area contributed by atoms with Crippen molar-refractivity contribution in [2.75, 3.05) is 26.9 Å². The minimum Gasteiger partial charge on any atom is -0.481 e. The van der Waals surface area contributed by atoms with Crippen molar-refractivity contribution in [1.29, 1.82) is 0 Å². The molecule has 0 saturated heterocycles. The van der Waals surface area contributed by atoms with Crippen LogP contribution in [-0.4, -0.2) is 49.9 Å². The number of ether oxygens (including phenoxy) is 3. The lowest BCUT2D eigenvalue weighted by atomic mass is 10.2. The van der Waals surface area contributed by atoms with Gasteiger partial charge in [-0.15, -0.1) is 0 Å². The molecule has 0 aromatic heterocycles. The van der Waals surface area contributed by atoms with Gasteiger partial charge in [0.25, 0.3) is 0 Å². The van der Waals surface area contributed by atoms with Crippen LogP contribution in [0, 0.1) is 0 Å². The van der Waals surface area contributed by atoms with Gasteiger partial charge in [-0.25, -0.2) is 0 Å². The van der Waals surface area contributed by atoms with Crippen molar-refractivity contribution in [3.63, 3.8) is 0 Å². The highest BCUT2D eigenvalue weighted by atomic mass is 16.6. The van der Waals surface area contributed by atoms with E-state index in [1.807, 2.05) is 0 Å². The molecule has 0 bridgehead atoms. The molecule has 0 radical (unpaired) electrons. The summed E-state index contributed by atoms with van der Waals surface area (Å²) < 4.78 is 14.3. The Bertz CT molecular complexity index is 288. The zero-order chi connectivity index (χ0) is 14.5. The molecular weight excluding hydrogens is 256 g/mol. The molecule has 0 aliphatic carbocycles. The molecule has 0 amide bonds. The zero-order valence-electron chi connectivity index (χ0n) is 11.1. The first-order valence-corrected chi connectivity index (χ1v) is 6.08. The van der Waals surface area contributed by atoms with Crippen LogP contribution in [0.3, 0.4) is 0 Å². The molecule has 0 fully saturated rings. The number of esters is 2. The number of aliphatic carboxylic acids is 1. The molecule has 7 heteroatoms. The monoisotopic (exact) mass is 276 g/mol. The van der Waals surface area contributed by atoms with Crippen molar-refractivity contribution >= 4 is 17.9 Å². The molecule has 110 valence electrons. The summed E-state index contributed by atoms with van der Waals surface area (Å²) in [6.45, 7) is 0.569. The number of methoxy groups -OCH3 is 1. The summed E-state index contributed by atoms with van der Waals surface area (Å²) in [5.41, 5.74) is 0. The maximum atomic E-state index is 11.2. The van der Waals surface area contributed by atoms with Crippen molar-refractivity contribution in [2.45, 2.75) is 32.1 Å². The number of hydrogen-bond donors (Lipinski definition) is 1. The summed E-state index contributed by atoms with van der Waals surface area (Å²) in [5, 5.41) is 8.39. The van der Waals surface area contributed by atoms with Crippen LogP contribution in [0.2, 0.25) is 0 Å². The van der Waals surface area contributed by atoms with Crippen molar-refractivity contribution < 1.29 is 33.7 Å². The van der Waals surface area contributed by atoms with Gasteiger partial charge in [0.15, 0.2) is 0 Å². The minimum atomic E-state index is -0.868. The van der Waals surface area contributed by atoms with Crippen LogP contribution in [0.25, 0.3) is 0 Å². The second kappa shape index (κ2) is 11.5. The lowest BCUT2D eigenvalue weighted by Gasteiger charge is -2.05. The van der Waals surface area contributed by atoms with E-state index < -0.39 is 5.97 Å². The summed E-state index contributed by atoms with van der Waals surface area (Å²) >= 11 is 0. The molecular formula is C12H20O7. The van der Waals surface area contributed by atoms with E-state index in [1.165, 1.54) is 7.11 Å². The molecule has 7 nitrogen and oxygen atoms in total. The SMILES string of the molecule is COC(=O)CCOCCOC(=O)CCCCC(=O)O. The van der Waals surface area contributed by atoms with Crippen LogP contribution >= 0.6 is 0 Å². The first kappa shape index (κ1) is 17.4. The van der Waals surface area contributed by atoms with E-state index >= 15 is 0 Å². The van der Waals surface area contributed by atoms with Gasteiger partial charge in [0.1, 0.15) is 6.61 Å². The van der Waals surface area contributed by atoms with Gasteiger partial charge in [-0.1, -0.05) is 0 Å². The largest absolute Gasteiger partial charge is 0.481 e. The summed E-state index contributed by atoms with van der Waals surface area (Å²) in [6.07, 6.45) is 1.38. The third-order valence-electron chi connectivity index (χ3n) is 2.19. The Hall–Kier alpha value is -1.63. The highest BCUT2D eigenvalue weighted by molar-refractivity contribution is 5.70. The smallest absolute Gasteiger partial charge is 0.307 e. The van der Waals surface area contributed by atoms with E-state index in [9.17, 15) is 14.4 Å². The van der Waals surface area contributed by atoms with Gasteiger partial charge in [-0.2, -0.15) is 0 Å². The van der Waals surface area contributed by atoms with Gasteiger partial charge < -0.3 is 19.3 Å². The number of carboxylic acids is 1. The van der Waals surface area contributed by atoms with Crippen molar-refractivity contribution in [2.24, 2.45) is 0 Å². The third-order valence-corrected chi connectivity index (χ3v) is 2.19. The van der Waals surface area contributed by atoms with Crippen molar-refractivity contribution in [1.82, 2.24) is 0 Å². The Morgan fingerprint density at radius 3 is 2.21 bits per heavy atom. The molecule has 0 aliphatic heterocycles. The first-order valence-electron chi connectivity index (χ1n) is 6.08. The van der Waals surface area contributed by atoms with Gasteiger partial charge in [0.05, 0.1) is 26.7 Å². The first-order chi connectivity index (χ1) is 9.06. The van der Waals surface area contributed by atoms with Crippen LogP contribution in [0.4, 0.5) is 0 Å². The normalized spacial score (nSPS) is 9.95. The summed E-state index contributed by atoms with van der Waals surface area (Å²) in [5.74, 6) is -1.59. The van der Waals surface area contributed by atoms with Gasteiger partial charge in [-0.05, 0) is 12.8 Å². The van der Waals surface area contributed by atoms with Gasteiger partial charge in [-0.3, -0.25) is 14.4 Å². The molecule has 0 aliphatic rings. The number of hydrogen-bond acceptors (Lipinski definition) is 6. The second-order valence-corrected chi connectivity index (χ2v) is 3.76. The van der Waals surface area contributed by atoms with E-state index in [0.717, 1.165) is 0 Å². The zero-order valence-corrected chi connectivity index (χ0v) is 11.1. The van der Waals surface area contributed by atoms with E-state index in [-0.39, 0.29) is 51.0 Å². The van der Waals surface area contributed by atoms with E-state index in [0.29, 0.717) is 12.8 Å². The van der Waals surface area contributed by atoms with E-state index in [1.54, 1.807) is 0 Å². The maximum Gasteiger partial charge on any atom is 0.307 e. The number of carbonyl (C=O) groups excluding carboxylic acids is 2. The predicted octanol–water partition coefficient (Wildman–Crippen LogP) is 0.754. The van der Waals surface area contributed by atoms with Crippen LogP contribution < -0.4 is 0 Å². The molecule has 0 aromatic carbocycles. The molecule has 0 spiro atoms. The maximum absolute atomic E-state index is 11.2. The fraction of sp³-hybridized carbons (Fsp3) is 0.750. The lowest BCUT2D eigenvalue weighted by molar-refractivity contribution is -0.147. The number of carbonyl (C=O) groups is 3. The van der Waals surface area contributed by atoms with Crippen molar-refractivity contribution in [3.8, 4) is 0 Å². The highest BCUT2D eigenvalue weighted by Crippen LogP contribution is 2.01. The van der Waals surface area contributed by atoms with E-state index in [4.69, 9.17) is 14.6 Å². The Labute approximate surface area is 111 Å². The number of carboxylic acid groups (broad SMARTS) is 1. The average molecular weight is 276 g/mol. The molecule has 1 N–H and O–H groups in total. The Kier molecular flexibility index (Phi) is 10.5. The molecule has 0 atom stereocenters. The number of rotatable bonds is 11. The minimum absolute atomic E-state index is 0.0594. The van der Waals surface area contributed by atoms with E-state index in [2.05, 4.69) is 4.74 Å². The molecule has 19 heavy (non-hydrogen) atoms. The Balaban J connectivity index is 3.29. The fourth-order valence-corrected chi connectivity index (χ4v) is 1.19. The third kappa shape index (κ3) is 12.6. The topological polar surface area (TPSA) is 99.1 Å². The molecule has 0 unspecified atom stereocenters. The van der Waals surface area contributed by atoms with Crippen LogP contribution in [0.15, 0.2) is 0 Å². The standard InChI is InChI=1S/C12H20O7/c1-17-11(15)6-7-18-8-9-19-12(16)5-3-2-4-10(13)14/h2-9H2,1H3,(H,13,14). The summed E-state index contributed by atoms with van der Waals surface area (Å²) in [4.78, 5) is 32.1. The quantitative estimate of drug-likeness (QED) is 0.439. The van der Waals surface area contributed by atoms with Crippen LogP contribution in [0.5, 0.6) is 0 Å². The highest BCUT2D eigenvalue weighted by Gasteiger charge is 2.04. The Morgan fingerprint density at radius 2 is 1.58 bits per heavy atom. The fourth-order valence-electron chi connectivity index (χ4n) is 1.19. The molecule has 0 saturated carbocycles. The van der Waals surface area contributed by atoms with Crippen LogP contribution in [-0.2, 0) is 28.6 Å². The molecule has 0 heterocycles. The second-order valence-electron chi connectivity index (χ2n) is 3.76. The van der Waals surface area contributed by atoms with Gasteiger partial charge in [0, 0.05) is 12.8 Å². The van der Waals surface area contributed by atoms with Crippen LogP contribution in [0.1, 0.15) is 32.1 Å². The molecule has 0 aromatic rings. The predicted molar refractivity (Wildman–Crippen MR) is 64.5 cm³/mol. The number of unbranched alkanes of at least 4 members (excludes halogenated alkanes) is 1.